The van der Waals surface area contributed by atoms with Crippen LogP contribution in [0.1, 0.15) is 70.6 Å². The van der Waals surface area contributed by atoms with E-state index in [1.165, 1.54) is 18.2 Å². The SMILES string of the molecule is C=C1CC[C@@H]2[C@](C)(CCC[C@]2(C)C(=O)OC)[C@H]1CCc1ccoc1CN(C)CC(=O)OCC. The summed E-state index contributed by atoms with van der Waals surface area (Å²) in [4.78, 5) is 26.5. The molecule has 6 nitrogen and oxygen atoms in total. The van der Waals surface area contributed by atoms with Crippen LogP contribution in [0, 0.1) is 22.7 Å². The number of ether oxygens (including phenoxy) is 2. The first-order valence-electron chi connectivity index (χ1n) is 12.3. The van der Waals surface area contributed by atoms with Crippen molar-refractivity contribution in [2.24, 2.45) is 22.7 Å². The molecule has 0 N–H and O–H groups in total. The molecule has 0 spiro atoms. The molecule has 2 aliphatic rings. The van der Waals surface area contributed by atoms with Crippen LogP contribution in [-0.4, -0.2) is 44.1 Å². The molecular weight excluding hydrogens is 418 g/mol. The number of hydrogen-bond acceptors (Lipinski definition) is 6. The van der Waals surface area contributed by atoms with E-state index >= 15 is 0 Å². The van der Waals surface area contributed by atoms with Crippen LogP contribution in [0.3, 0.4) is 0 Å². The Bertz CT molecular complexity index is 860. The van der Waals surface area contributed by atoms with Gasteiger partial charge in [0.25, 0.3) is 0 Å². The Morgan fingerprint density at radius 3 is 2.76 bits per heavy atom. The monoisotopic (exact) mass is 459 g/mol. The van der Waals surface area contributed by atoms with Crippen molar-refractivity contribution < 1.29 is 23.5 Å². The molecule has 1 heterocycles. The van der Waals surface area contributed by atoms with Gasteiger partial charge in [0, 0.05) is 0 Å². The molecule has 0 radical (unpaired) electrons. The lowest BCUT2D eigenvalue weighted by Crippen LogP contribution is -2.53. The number of likely N-dealkylation sites (N-methyl/N-ethyl adjacent to an activating group) is 1. The molecule has 6 heteroatoms. The molecule has 1 aromatic heterocycles. The van der Waals surface area contributed by atoms with Crippen LogP contribution in [-0.2, 0) is 32.0 Å². The highest BCUT2D eigenvalue weighted by atomic mass is 16.5. The van der Waals surface area contributed by atoms with Crippen molar-refractivity contribution in [1.82, 2.24) is 4.90 Å². The number of fused-ring (bicyclic) bond motifs is 1. The lowest BCUT2D eigenvalue weighted by atomic mass is 9.46. The number of carbonyl (C=O) groups excluding carboxylic acids is 2. The standard InChI is InChI=1S/C27H41NO5/c1-7-32-24(29)18-28(5)17-22-20(13-16-33-22)10-11-21-19(2)9-12-23-26(21,3)14-8-15-27(23,4)25(30)31-6/h13,16,21,23H,2,7-12,14-15,17-18H2,1,3-6H3/t21-,23+,26+,27-/m0/s1. The molecule has 2 fully saturated rings. The summed E-state index contributed by atoms with van der Waals surface area (Å²) in [5.41, 5.74) is 2.11. The summed E-state index contributed by atoms with van der Waals surface area (Å²) in [7, 11) is 3.41. The fraction of sp³-hybridized carbons (Fsp3) is 0.704. The van der Waals surface area contributed by atoms with Crippen molar-refractivity contribution >= 4 is 11.9 Å². The quantitative estimate of drug-likeness (QED) is 0.375. The van der Waals surface area contributed by atoms with Gasteiger partial charge in [0.1, 0.15) is 5.76 Å². The molecule has 0 bridgehead atoms. The summed E-state index contributed by atoms with van der Waals surface area (Å²) in [6, 6.07) is 2.04. The van der Waals surface area contributed by atoms with Gasteiger partial charge in [-0.15, -0.1) is 0 Å². The number of hydrogen-bond donors (Lipinski definition) is 0. The minimum Gasteiger partial charge on any atom is -0.469 e. The van der Waals surface area contributed by atoms with Crippen molar-refractivity contribution in [2.45, 2.75) is 72.3 Å². The maximum atomic E-state index is 12.8. The molecule has 0 unspecified atom stereocenters. The molecule has 2 saturated carbocycles. The molecule has 33 heavy (non-hydrogen) atoms. The maximum Gasteiger partial charge on any atom is 0.320 e. The number of esters is 2. The van der Waals surface area contributed by atoms with E-state index in [1.54, 1.807) is 6.26 Å². The highest BCUT2D eigenvalue weighted by Gasteiger charge is 2.57. The summed E-state index contributed by atoms with van der Waals surface area (Å²) in [6.07, 6.45) is 8.64. The van der Waals surface area contributed by atoms with Gasteiger partial charge in [-0.2, -0.15) is 0 Å². The Kier molecular flexibility index (Phi) is 8.09. The molecule has 0 aliphatic heterocycles. The predicted octanol–water partition coefficient (Wildman–Crippen LogP) is 5.16. The molecule has 184 valence electrons. The molecule has 1 aromatic rings. The first-order chi connectivity index (χ1) is 15.7. The zero-order valence-corrected chi connectivity index (χ0v) is 21.1. The van der Waals surface area contributed by atoms with Gasteiger partial charge in [0.05, 0.1) is 38.5 Å². The summed E-state index contributed by atoms with van der Waals surface area (Å²) >= 11 is 0. The van der Waals surface area contributed by atoms with E-state index in [0.717, 1.165) is 50.7 Å². The summed E-state index contributed by atoms with van der Waals surface area (Å²) in [6.45, 7) is 11.9. The van der Waals surface area contributed by atoms with Gasteiger partial charge >= 0.3 is 11.9 Å². The normalized spacial score (nSPS) is 29.6. The second-order valence-electron chi connectivity index (χ2n) is 10.5. The zero-order chi connectivity index (χ0) is 24.2. The number of allylic oxidation sites excluding steroid dienone is 1. The number of methoxy groups -OCH3 is 1. The topological polar surface area (TPSA) is 69.0 Å². The van der Waals surface area contributed by atoms with Gasteiger partial charge in [0.2, 0.25) is 0 Å². The summed E-state index contributed by atoms with van der Waals surface area (Å²) in [5.74, 6) is 1.28. The van der Waals surface area contributed by atoms with Crippen LogP contribution in [0.5, 0.6) is 0 Å². The Morgan fingerprint density at radius 2 is 2.06 bits per heavy atom. The molecule has 4 atom stereocenters. The van der Waals surface area contributed by atoms with Crippen LogP contribution >= 0.6 is 0 Å². The van der Waals surface area contributed by atoms with Crippen LogP contribution in [0.25, 0.3) is 0 Å². The van der Waals surface area contributed by atoms with E-state index in [-0.39, 0.29) is 23.9 Å². The van der Waals surface area contributed by atoms with Gasteiger partial charge in [-0.25, -0.2) is 0 Å². The largest absolute Gasteiger partial charge is 0.469 e. The van der Waals surface area contributed by atoms with Gasteiger partial charge in [-0.05, 0) is 88.3 Å². The van der Waals surface area contributed by atoms with Crippen LogP contribution in [0.15, 0.2) is 28.9 Å². The van der Waals surface area contributed by atoms with Gasteiger partial charge in [-0.1, -0.05) is 25.5 Å². The van der Waals surface area contributed by atoms with Crippen molar-refractivity contribution in [1.29, 1.82) is 0 Å². The minimum absolute atomic E-state index is 0.0428. The number of nitrogens with zero attached hydrogens (tertiary/aromatic N) is 1. The molecular formula is C27H41NO5. The highest BCUT2D eigenvalue weighted by molar-refractivity contribution is 5.77. The lowest BCUT2D eigenvalue weighted by Gasteiger charge is -2.57. The van der Waals surface area contributed by atoms with E-state index in [1.807, 2.05) is 24.9 Å². The van der Waals surface area contributed by atoms with Gasteiger partial charge < -0.3 is 13.9 Å². The summed E-state index contributed by atoms with van der Waals surface area (Å²) in [5, 5.41) is 0. The number of aryl methyl sites for hydroxylation is 1. The van der Waals surface area contributed by atoms with E-state index in [2.05, 4.69) is 20.4 Å². The molecule has 0 saturated heterocycles. The fourth-order valence-corrected chi connectivity index (χ4v) is 6.72. The van der Waals surface area contributed by atoms with Crippen LogP contribution in [0.2, 0.25) is 0 Å². The average Bonchev–Trinajstić information content (AvgIpc) is 3.19. The van der Waals surface area contributed by atoms with Crippen molar-refractivity contribution in [3.63, 3.8) is 0 Å². The van der Waals surface area contributed by atoms with E-state index < -0.39 is 5.41 Å². The number of rotatable bonds is 9. The molecule has 3 rings (SSSR count). The third kappa shape index (κ3) is 5.21. The Morgan fingerprint density at radius 1 is 1.30 bits per heavy atom. The average molecular weight is 460 g/mol. The maximum absolute atomic E-state index is 12.8. The Balaban J connectivity index is 1.71. The third-order valence-electron chi connectivity index (χ3n) is 8.33. The van der Waals surface area contributed by atoms with Crippen LogP contribution in [0.4, 0.5) is 0 Å². The zero-order valence-electron chi connectivity index (χ0n) is 21.1. The number of furan rings is 1. The van der Waals surface area contributed by atoms with E-state index in [4.69, 9.17) is 13.9 Å². The highest BCUT2D eigenvalue weighted by Crippen LogP contribution is 2.62. The van der Waals surface area contributed by atoms with E-state index in [9.17, 15) is 9.59 Å². The van der Waals surface area contributed by atoms with Crippen molar-refractivity contribution in [3.05, 3.63) is 35.8 Å². The first kappa shape index (κ1) is 25.5. The van der Waals surface area contributed by atoms with Crippen molar-refractivity contribution in [2.75, 3.05) is 27.3 Å². The van der Waals surface area contributed by atoms with Gasteiger partial charge in [-0.3, -0.25) is 14.5 Å². The Labute approximate surface area is 198 Å². The molecule has 0 amide bonds. The first-order valence-corrected chi connectivity index (χ1v) is 12.3. The van der Waals surface area contributed by atoms with Crippen molar-refractivity contribution in [3.8, 4) is 0 Å². The number of carbonyl (C=O) groups is 2. The Hall–Kier alpha value is -2.08. The lowest BCUT2D eigenvalue weighted by molar-refractivity contribution is -0.168. The third-order valence-corrected chi connectivity index (χ3v) is 8.33. The molecule has 2 aliphatic carbocycles. The molecule has 0 aromatic carbocycles. The second-order valence-corrected chi connectivity index (χ2v) is 10.5. The predicted molar refractivity (Wildman–Crippen MR) is 127 cm³/mol. The van der Waals surface area contributed by atoms with E-state index in [0.29, 0.717) is 25.0 Å². The smallest absolute Gasteiger partial charge is 0.320 e. The minimum atomic E-state index is -0.419. The summed E-state index contributed by atoms with van der Waals surface area (Å²) < 4.78 is 16.1. The fourth-order valence-electron chi connectivity index (χ4n) is 6.72. The van der Waals surface area contributed by atoms with Crippen LogP contribution < -0.4 is 0 Å². The second kappa shape index (κ2) is 10.5. The van der Waals surface area contributed by atoms with Gasteiger partial charge in [0.15, 0.2) is 0 Å².